The number of tetrazole rings is 1. The Balaban J connectivity index is 1.79. The highest BCUT2D eigenvalue weighted by Crippen LogP contribution is 2.34. The summed E-state index contributed by atoms with van der Waals surface area (Å²) in [5.74, 6) is 0.338. The van der Waals surface area contributed by atoms with Crippen LogP contribution in [0.3, 0.4) is 0 Å². The highest BCUT2D eigenvalue weighted by Gasteiger charge is 2.31. The fraction of sp³-hybridized carbons (Fsp3) is 0.381. The number of nitrogens with two attached hydrogens (primary N) is 1. The van der Waals surface area contributed by atoms with Gasteiger partial charge in [0, 0.05) is 29.7 Å². The second-order valence-corrected chi connectivity index (χ2v) is 11.2. The molecule has 0 saturated carbocycles. The Morgan fingerprint density at radius 3 is 2.52 bits per heavy atom. The molecule has 0 saturated heterocycles. The van der Waals surface area contributed by atoms with Gasteiger partial charge >= 0.3 is 0 Å². The Hall–Kier alpha value is -2.49. The largest absolute Gasteiger partial charge is 0.365 e. The maximum absolute atomic E-state index is 13.0. The molecule has 0 amide bonds. The normalized spacial score (nSPS) is 18.5. The van der Waals surface area contributed by atoms with Gasteiger partial charge in [0.05, 0.1) is 21.9 Å². The van der Waals surface area contributed by atoms with E-state index in [2.05, 4.69) is 15.4 Å². The van der Waals surface area contributed by atoms with Crippen molar-refractivity contribution in [2.45, 2.75) is 43.8 Å². The summed E-state index contributed by atoms with van der Waals surface area (Å²) in [5.41, 5.74) is 8.16. The molecule has 1 atom stereocenters. The van der Waals surface area contributed by atoms with Crippen LogP contribution < -0.4 is 10.6 Å². The molecule has 10 heteroatoms. The minimum absolute atomic E-state index is 0.102. The fourth-order valence-electron chi connectivity index (χ4n) is 3.55. The third-order valence-electron chi connectivity index (χ3n) is 5.08. The zero-order valence-corrected chi connectivity index (χ0v) is 19.2. The van der Waals surface area contributed by atoms with Crippen LogP contribution in [0.15, 0.2) is 47.4 Å². The third kappa shape index (κ3) is 4.58. The first-order valence-electron chi connectivity index (χ1n) is 9.95. The monoisotopic (exact) mass is 460 g/mol. The van der Waals surface area contributed by atoms with Crippen molar-refractivity contribution in [3.63, 3.8) is 0 Å². The van der Waals surface area contributed by atoms with Crippen LogP contribution in [-0.4, -0.2) is 47.0 Å². The van der Waals surface area contributed by atoms with Gasteiger partial charge in [-0.1, -0.05) is 23.7 Å². The molecule has 8 nitrogen and oxygen atoms in total. The predicted octanol–water partition coefficient (Wildman–Crippen LogP) is 2.87. The van der Waals surface area contributed by atoms with Crippen LogP contribution in [0.2, 0.25) is 5.02 Å². The van der Waals surface area contributed by atoms with E-state index in [1.807, 2.05) is 56.0 Å². The summed E-state index contributed by atoms with van der Waals surface area (Å²) in [6.07, 6.45) is 0. The summed E-state index contributed by atoms with van der Waals surface area (Å²) in [4.78, 5) is 3.80. The molecule has 2 aromatic carbocycles. The van der Waals surface area contributed by atoms with Crippen molar-refractivity contribution in [2.24, 2.45) is 5.73 Å². The molecule has 0 radical (unpaired) electrons. The van der Waals surface area contributed by atoms with Crippen LogP contribution in [0.1, 0.15) is 26.3 Å². The number of hydrogen-bond acceptors (Lipinski definition) is 7. The maximum Gasteiger partial charge on any atom is 0.205 e. The van der Waals surface area contributed by atoms with E-state index in [0.29, 0.717) is 35.2 Å². The van der Waals surface area contributed by atoms with Crippen LogP contribution in [0.25, 0.3) is 11.4 Å². The van der Waals surface area contributed by atoms with Gasteiger partial charge in [-0.3, -0.25) is 0 Å². The van der Waals surface area contributed by atoms with Crippen molar-refractivity contribution >= 4 is 27.1 Å². The van der Waals surface area contributed by atoms with Crippen LogP contribution in [-0.2, 0) is 21.9 Å². The van der Waals surface area contributed by atoms with E-state index in [4.69, 9.17) is 17.3 Å². The Kier molecular flexibility index (Phi) is 5.53. The van der Waals surface area contributed by atoms with Gasteiger partial charge in [0.2, 0.25) is 5.82 Å². The number of halogens is 1. The lowest BCUT2D eigenvalue weighted by Crippen LogP contribution is -2.39. The van der Waals surface area contributed by atoms with Gasteiger partial charge in [0.1, 0.15) is 0 Å². The van der Waals surface area contributed by atoms with Gasteiger partial charge in [-0.2, -0.15) is 4.80 Å². The molecule has 4 rings (SSSR count). The Bertz CT molecular complexity index is 1200. The summed E-state index contributed by atoms with van der Waals surface area (Å²) < 4.78 is 25.9. The summed E-state index contributed by atoms with van der Waals surface area (Å²) in [6.45, 7) is 6.85. The first-order chi connectivity index (χ1) is 14.5. The van der Waals surface area contributed by atoms with Gasteiger partial charge < -0.3 is 10.6 Å². The minimum Gasteiger partial charge on any atom is -0.365 e. The van der Waals surface area contributed by atoms with Crippen LogP contribution >= 0.6 is 11.6 Å². The smallest absolute Gasteiger partial charge is 0.205 e. The summed E-state index contributed by atoms with van der Waals surface area (Å²) >= 11 is 6.01. The molecule has 0 aliphatic carbocycles. The van der Waals surface area contributed by atoms with Crippen LogP contribution in [0.5, 0.6) is 0 Å². The van der Waals surface area contributed by atoms with E-state index < -0.39 is 15.9 Å². The van der Waals surface area contributed by atoms with E-state index in [9.17, 15) is 8.42 Å². The van der Waals surface area contributed by atoms with E-state index in [-0.39, 0.29) is 16.2 Å². The number of aromatic nitrogens is 4. The summed E-state index contributed by atoms with van der Waals surface area (Å²) in [5, 5.41) is 13.4. The molecule has 31 heavy (non-hydrogen) atoms. The average Bonchev–Trinajstić information content (AvgIpc) is 3.16. The van der Waals surface area contributed by atoms with E-state index in [0.717, 1.165) is 5.56 Å². The second-order valence-electron chi connectivity index (χ2n) is 8.80. The van der Waals surface area contributed by atoms with Crippen molar-refractivity contribution in [1.82, 2.24) is 20.2 Å². The lowest BCUT2D eigenvalue weighted by molar-refractivity contribution is 0.306. The van der Waals surface area contributed by atoms with Crippen molar-refractivity contribution in [3.8, 4) is 11.4 Å². The Morgan fingerprint density at radius 1 is 1.16 bits per heavy atom. The predicted molar refractivity (Wildman–Crippen MR) is 121 cm³/mol. The Morgan fingerprint density at radius 2 is 1.87 bits per heavy atom. The van der Waals surface area contributed by atoms with Crippen LogP contribution in [0, 0.1) is 0 Å². The van der Waals surface area contributed by atoms with Gasteiger partial charge in [-0.05, 0) is 61.9 Å². The molecule has 1 aliphatic rings. The number of sulfone groups is 1. The van der Waals surface area contributed by atoms with Gasteiger partial charge in [-0.25, -0.2) is 8.42 Å². The van der Waals surface area contributed by atoms with Crippen LogP contribution in [0.4, 0.5) is 5.69 Å². The number of fused-ring (bicyclic) bond motifs is 1. The molecule has 0 unspecified atom stereocenters. The first kappa shape index (κ1) is 21.7. The zero-order chi connectivity index (χ0) is 22.4. The highest BCUT2D eigenvalue weighted by molar-refractivity contribution is 7.91. The third-order valence-corrected chi connectivity index (χ3v) is 7.22. The van der Waals surface area contributed by atoms with Crippen molar-refractivity contribution in [2.75, 3.05) is 17.2 Å². The van der Waals surface area contributed by atoms with Gasteiger partial charge in [0.15, 0.2) is 9.84 Å². The minimum atomic E-state index is -3.53. The fourth-order valence-corrected chi connectivity index (χ4v) is 5.30. The van der Waals surface area contributed by atoms with Crippen molar-refractivity contribution in [3.05, 3.63) is 53.1 Å². The van der Waals surface area contributed by atoms with Gasteiger partial charge in [0.25, 0.3) is 0 Å². The number of anilines is 1. The zero-order valence-electron chi connectivity index (χ0n) is 17.7. The molecule has 1 aromatic heterocycles. The lowest BCUT2D eigenvalue weighted by Gasteiger charge is -2.26. The molecule has 0 fully saturated rings. The number of benzene rings is 2. The molecule has 2 N–H and O–H groups in total. The maximum atomic E-state index is 13.0. The highest BCUT2D eigenvalue weighted by atomic mass is 35.5. The number of nitrogens with zero attached hydrogens (tertiary/aromatic N) is 5. The molecule has 164 valence electrons. The molecule has 1 aliphatic heterocycles. The summed E-state index contributed by atoms with van der Waals surface area (Å²) in [6, 6.07) is 12.1. The second kappa shape index (κ2) is 7.89. The number of rotatable bonds is 3. The van der Waals surface area contributed by atoms with Crippen molar-refractivity contribution < 1.29 is 8.42 Å². The van der Waals surface area contributed by atoms with Gasteiger partial charge in [-0.15, -0.1) is 10.2 Å². The molecule has 0 spiro atoms. The topological polar surface area (TPSA) is 107 Å². The molecule has 3 aromatic rings. The standard InChI is InChI=1S/C21H25ClN6O2S/c1-21(2,3)28-25-20(24-26-28)15-6-9-19-18(10-15)27(12-17(23)13-31(19,29)30)11-14-4-7-16(22)8-5-14/h4-10,17H,11-13,23H2,1-3H3/t17-/m1/s1. The van der Waals surface area contributed by atoms with E-state index in [1.165, 1.54) is 0 Å². The first-order valence-corrected chi connectivity index (χ1v) is 12.0. The van der Waals surface area contributed by atoms with E-state index in [1.54, 1.807) is 16.9 Å². The van der Waals surface area contributed by atoms with Crippen molar-refractivity contribution in [1.29, 1.82) is 0 Å². The Labute approximate surface area is 186 Å². The number of hydrogen-bond donors (Lipinski definition) is 1. The molecule has 0 bridgehead atoms. The van der Waals surface area contributed by atoms with E-state index >= 15 is 0 Å². The molecular weight excluding hydrogens is 436 g/mol. The molecule has 2 heterocycles. The average molecular weight is 461 g/mol. The quantitative estimate of drug-likeness (QED) is 0.640. The summed E-state index contributed by atoms with van der Waals surface area (Å²) in [7, 11) is -3.53. The lowest BCUT2D eigenvalue weighted by atomic mass is 10.1. The SMILES string of the molecule is CC(C)(C)n1nnc(-c2ccc3c(c2)N(Cc2ccc(Cl)cc2)C[C@@H](N)CS3(=O)=O)n1. The molecular formula is C21H25ClN6O2S.